The fraction of sp³-hybridized carbons (Fsp3) is 0.355. The molecule has 0 radical (unpaired) electrons. The van der Waals surface area contributed by atoms with Crippen molar-refractivity contribution < 1.29 is 18.0 Å². The molecule has 3 aromatic carbocycles. The van der Waals surface area contributed by atoms with E-state index in [0.717, 1.165) is 18.2 Å². The molecule has 0 saturated heterocycles. The third-order valence-electron chi connectivity index (χ3n) is 6.87. The minimum absolute atomic E-state index is 0.0115. The molecule has 0 aliphatic rings. The second-order valence-corrected chi connectivity index (χ2v) is 13.2. The van der Waals surface area contributed by atoms with E-state index in [9.17, 15) is 18.0 Å². The van der Waals surface area contributed by atoms with Crippen LogP contribution in [0, 0.1) is 6.92 Å². The average molecular weight is 653 g/mol. The monoisotopic (exact) mass is 651 g/mol. The lowest BCUT2D eigenvalue weighted by molar-refractivity contribution is -0.141. The zero-order chi connectivity index (χ0) is 30.9. The van der Waals surface area contributed by atoms with Crippen LogP contribution in [0.3, 0.4) is 0 Å². The number of nitrogens with one attached hydrogen (secondary N) is 1. The van der Waals surface area contributed by atoms with Gasteiger partial charge < -0.3 is 10.2 Å². The maximum absolute atomic E-state index is 13.9. The van der Waals surface area contributed by atoms with Crippen molar-refractivity contribution in [3.05, 3.63) is 98.5 Å². The van der Waals surface area contributed by atoms with Crippen molar-refractivity contribution in [2.24, 2.45) is 0 Å². The number of sulfonamides is 1. The largest absolute Gasteiger partial charge is 0.354 e. The van der Waals surface area contributed by atoms with Gasteiger partial charge in [0.05, 0.1) is 11.9 Å². The maximum Gasteiger partial charge on any atom is 0.243 e. The lowest BCUT2D eigenvalue weighted by Crippen LogP contribution is -2.50. The molecule has 226 valence electrons. The first kappa shape index (κ1) is 33.7. The van der Waals surface area contributed by atoms with Gasteiger partial charge in [0.2, 0.25) is 21.8 Å². The molecule has 0 saturated carbocycles. The number of benzene rings is 3. The summed E-state index contributed by atoms with van der Waals surface area (Å²) < 4.78 is 26.7. The Bertz CT molecular complexity index is 1470. The number of rotatable bonds is 14. The fourth-order valence-corrected chi connectivity index (χ4v) is 6.32. The average Bonchev–Trinajstić information content (AvgIpc) is 2.94. The Morgan fingerprint density at radius 3 is 2.14 bits per heavy atom. The van der Waals surface area contributed by atoms with Gasteiger partial charge in [-0.1, -0.05) is 84.2 Å². The van der Waals surface area contributed by atoms with Crippen LogP contribution in [0.1, 0.15) is 42.9 Å². The first-order chi connectivity index (χ1) is 19.9. The molecule has 0 aliphatic heterocycles. The van der Waals surface area contributed by atoms with E-state index in [1.165, 1.54) is 9.21 Å². The molecule has 1 N–H and O–H groups in total. The van der Waals surface area contributed by atoms with Crippen molar-refractivity contribution in [3.8, 4) is 0 Å². The highest BCUT2D eigenvalue weighted by Gasteiger charge is 2.31. The van der Waals surface area contributed by atoms with E-state index in [1.54, 1.807) is 43.3 Å². The quantitative estimate of drug-likeness (QED) is 0.211. The minimum atomic E-state index is -3.67. The number of anilines is 1. The van der Waals surface area contributed by atoms with Crippen molar-refractivity contribution >= 4 is 62.3 Å². The second-order valence-electron chi connectivity index (χ2n) is 10.0. The zero-order valence-corrected chi connectivity index (χ0v) is 27.0. The Morgan fingerprint density at radius 2 is 1.52 bits per heavy atom. The second kappa shape index (κ2) is 15.6. The zero-order valence-electron chi connectivity index (χ0n) is 23.9. The van der Waals surface area contributed by atoms with E-state index < -0.39 is 16.1 Å². The molecule has 0 aliphatic carbocycles. The Balaban J connectivity index is 1.93. The Hall–Kier alpha value is -2.78. The first-order valence-corrected chi connectivity index (χ1v) is 16.7. The smallest absolute Gasteiger partial charge is 0.243 e. The standard InChI is InChI=1S/C31H36Cl3N3O4S/c1-4-18-35-31(39)29(20-23-11-6-5-7-12-23)36(21-24-26(33)14-8-15-27(24)34)30(38)17-10-19-37(42(3,40)41)28-16-9-13-25(32)22(28)2/h5-9,11-16,29H,4,10,17-21H2,1-3H3,(H,35,39)/t29-/m0/s1. The Labute approximate surface area is 263 Å². The number of hydrogen-bond acceptors (Lipinski definition) is 4. The summed E-state index contributed by atoms with van der Waals surface area (Å²) in [7, 11) is -3.67. The van der Waals surface area contributed by atoms with Gasteiger partial charge in [0.25, 0.3) is 0 Å². The number of halogens is 3. The summed E-state index contributed by atoms with van der Waals surface area (Å²) in [5.74, 6) is -0.612. The van der Waals surface area contributed by atoms with Crippen LogP contribution < -0.4 is 9.62 Å². The van der Waals surface area contributed by atoms with E-state index in [4.69, 9.17) is 34.8 Å². The lowest BCUT2D eigenvalue weighted by atomic mass is 10.0. The van der Waals surface area contributed by atoms with E-state index in [-0.39, 0.29) is 44.2 Å². The predicted octanol–water partition coefficient (Wildman–Crippen LogP) is 6.67. The molecule has 42 heavy (non-hydrogen) atoms. The molecular formula is C31H36Cl3N3O4S. The van der Waals surface area contributed by atoms with Gasteiger partial charge in [-0.2, -0.15) is 0 Å². The van der Waals surface area contributed by atoms with Gasteiger partial charge in [0.1, 0.15) is 6.04 Å². The van der Waals surface area contributed by atoms with Gasteiger partial charge in [0.15, 0.2) is 0 Å². The number of nitrogens with zero attached hydrogens (tertiary/aromatic N) is 2. The molecule has 11 heteroatoms. The molecule has 0 bridgehead atoms. The van der Waals surface area contributed by atoms with Gasteiger partial charge in [-0.15, -0.1) is 0 Å². The molecule has 3 aromatic rings. The van der Waals surface area contributed by atoms with Crippen molar-refractivity contribution in [1.29, 1.82) is 0 Å². The van der Waals surface area contributed by atoms with E-state index in [1.807, 2.05) is 37.3 Å². The van der Waals surface area contributed by atoms with Crippen molar-refractivity contribution in [2.75, 3.05) is 23.7 Å². The topological polar surface area (TPSA) is 86.8 Å². The van der Waals surface area contributed by atoms with Crippen LogP contribution in [0.5, 0.6) is 0 Å². The van der Waals surface area contributed by atoms with Crippen LogP contribution in [0.2, 0.25) is 15.1 Å². The molecule has 0 aromatic heterocycles. The predicted molar refractivity (Wildman–Crippen MR) is 172 cm³/mol. The van der Waals surface area contributed by atoms with Crippen LogP contribution in [0.15, 0.2) is 66.7 Å². The molecule has 2 amide bonds. The number of amides is 2. The van der Waals surface area contributed by atoms with Crippen LogP contribution in [-0.2, 0) is 32.6 Å². The highest BCUT2D eigenvalue weighted by atomic mass is 35.5. The summed E-state index contributed by atoms with van der Waals surface area (Å²) in [6.07, 6.45) is 2.33. The van der Waals surface area contributed by atoms with E-state index in [0.29, 0.717) is 38.4 Å². The van der Waals surface area contributed by atoms with Crippen molar-refractivity contribution in [3.63, 3.8) is 0 Å². The minimum Gasteiger partial charge on any atom is -0.354 e. The molecule has 0 unspecified atom stereocenters. The highest BCUT2D eigenvalue weighted by molar-refractivity contribution is 7.92. The highest BCUT2D eigenvalue weighted by Crippen LogP contribution is 2.30. The van der Waals surface area contributed by atoms with Gasteiger partial charge >= 0.3 is 0 Å². The SMILES string of the molecule is CCCNC(=O)[C@H](Cc1ccccc1)N(Cc1c(Cl)cccc1Cl)C(=O)CCCN(c1cccc(Cl)c1C)S(C)(=O)=O. The normalized spacial score (nSPS) is 12.0. The molecule has 0 fully saturated rings. The van der Waals surface area contributed by atoms with E-state index >= 15 is 0 Å². The third kappa shape index (κ3) is 9.11. The third-order valence-corrected chi connectivity index (χ3v) is 9.17. The molecule has 0 heterocycles. The van der Waals surface area contributed by atoms with Crippen molar-refractivity contribution in [2.45, 2.75) is 52.1 Å². The summed E-state index contributed by atoms with van der Waals surface area (Å²) >= 11 is 19.2. The molecule has 7 nitrogen and oxygen atoms in total. The summed E-state index contributed by atoms with van der Waals surface area (Å²) in [5.41, 5.74) is 2.50. The fourth-order valence-electron chi connectivity index (χ4n) is 4.62. The Morgan fingerprint density at radius 1 is 0.905 bits per heavy atom. The number of carbonyl (C=O) groups excluding carboxylic acids is 2. The van der Waals surface area contributed by atoms with Crippen LogP contribution in [0.4, 0.5) is 5.69 Å². The maximum atomic E-state index is 13.9. The summed E-state index contributed by atoms with van der Waals surface area (Å²) in [6, 6.07) is 18.8. The van der Waals surface area contributed by atoms with E-state index in [2.05, 4.69) is 5.32 Å². The molecule has 0 spiro atoms. The van der Waals surface area contributed by atoms with Gasteiger partial charge in [-0.3, -0.25) is 13.9 Å². The van der Waals surface area contributed by atoms with Gasteiger partial charge in [-0.25, -0.2) is 8.42 Å². The summed E-state index contributed by atoms with van der Waals surface area (Å²) in [4.78, 5) is 28.9. The summed E-state index contributed by atoms with van der Waals surface area (Å²) in [6.45, 7) is 4.23. The van der Waals surface area contributed by atoms with Crippen molar-refractivity contribution in [1.82, 2.24) is 10.2 Å². The van der Waals surface area contributed by atoms with Crippen LogP contribution >= 0.6 is 34.8 Å². The Kier molecular flexibility index (Phi) is 12.5. The van der Waals surface area contributed by atoms with Crippen LogP contribution in [-0.4, -0.2) is 50.5 Å². The lowest BCUT2D eigenvalue weighted by Gasteiger charge is -2.32. The van der Waals surface area contributed by atoms with Gasteiger partial charge in [0, 0.05) is 53.1 Å². The molecule has 1 atom stereocenters. The first-order valence-electron chi connectivity index (χ1n) is 13.7. The number of carbonyl (C=O) groups is 2. The van der Waals surface area contributed by atoms with Gasteiger partial charge in [-0.05, 0) is 55.2 Å². The van der Waals surface area contributed by atoms with Crippen LogP contribution in [0.25, 0.3) is 0 Å². The summed E-state index contributed by atoms with van der Waals surface area (Å²) in [5, 5.41) is 4.14. The molecule has 3 rings (SSSR count). The molecular weight excluding hydrogens is 617 g/mol. The number of hydrogen-bond donors (Lipinski definition) is 1.